The number of rotatable bonds is 43. The fourth-order valence-corrected chi connectivity index (χ4v) is 7.51. The SMILES string of the molecule is CCCCCCCCC(CCCCCCC)OC=O.CCCCCCCCCOC=O.CCCCCCCCN(CCCCCCCC)CCCN=C(NSC)N(C)C. The van der Waals surface area contributed by atoms with Crippen molar-refractivity contribution in [1.82, 2.24) is 14.5 Å². The fraction of sp³-hybridized carbons (Fsp3) is 0.940. The highest BCUT2D eigenvalue weighted by atomic mass is 32.2. The molecule has 0 saturated heterocycles. The fourth-order valence-electron chi connectivity index (χ4n) is 7.08. The lowest BCUT2D eigenvalue weighted by molar-refractivity contribution is -0.134. The maximum Gasteiger partial charge on any atom is 0.293 e. The number of nitrogens with one attached hydrogen (secondary N) is 1. The minimum absolute atomic E-state index is 0.172. The number of guanidine groups is 1. The lowest BCUT2D eigenvalue weighted by Crippen LogP contribution is -2.32. The first-order valence-electron chi connectivity index (χ1n) is 25.3. The van der Waals surface area contributed by atoms with E-state index in [4.69, 9.17) is 9.73 Å². The maximum absolute atomic E-state index is 10.5. The van der Waals surface area contributed by atoms with Crippen molar-refractivity contribution in [2.75, 3.05) is 53.1 Å². The van der Waals surface area contributed by atoms with Gasteiger partial charge in [0.25, 0.3) is 12.9 Å². The van der Waals surface area contributed by atoms with E-state index < -0.39 is 0 Å². The van der Waals surface area contributed by atoms with Crippen LogP contribution in [0.3, 0.4) is 0 Å². The lowest BCUT2D eigenvalue weighted by Gasteiger charge is -2.22. The summed E-state index contributed by atoms with van der Waals surface area (Å²) >= 11 is 1.61. The van der Waals surface area contributed by atoms with Crippen LogP contribution in [0.15, 0.2) is 4.99 Å². The van der Waals surface area contributed by atoms with Gasteiger partial charge in [0, 0.05) is 26.9 Å². The molecule has 0 aromatic heterocycles. The molecule has 0 heterocycles. The molecule has 0 aromatic rings. The van der Waals surface area contributed by atoms with Crippen LogP contribution in [-0.4, -0.2) is 87.9 Å². The summed E-state index contributed by atoms with van der Waals surface area (Å²) in [4.78, 5) is 29.7. The van der Waals surface area contributed by atoms with Crippen LogP contribution < -0.4 is 4.72 Å². The Morgan fingerprint density at radius 3 is 1.27 bits per heavy atom. The molecule has 0 spiro atoms. The van der Waals surface area contributed by atoms with Gasteiger partial charge in [0.05, 0.1) is 6.61 Å². The van der Waals surface area contributed by atoms with Crippen LogP contribution in [-0.2, 0) is 19.1 Å². The van der Waals surface area contributed by atoms with Crippen LogP contribution in [0.5, 0.6) is 0 Å². The molecule has 354 valence electrons. The molecule has 0 amide bonds. The van der Waals surface area contributed by atoms with Crippen LogP contribution in [0.25, 0.3) is 0 Å². The van der Waals surface area contributed by atoms with Gasteiger partial charge in [0.2, 0.25) is 5.96 Å². The monoisotopic (exact) mass is 857 g/mol. The van der Waals surface area contributed by atoms with Crippen LogP contribution in [0.2, 0.25) is 0 Å². The van der Waals surface area contributed by atoms with Crippen LogP contribution in [0.1, 0.15) is 247 Å². The number of hydrogen-bond donors (Lipinski definition) is 1. The molecule has 1 atom stereocenters. The third-order valence-electron chi connectivity index (χ3n) is 10.9. The number of aliphatic imine (C=N–C) groups is 1. The van der Waals surface area contributed by atoms with Gasteiger partial charge in [-0.2, -0.15) is 0 Å². The summed E-state index contributed by atoms with van der Waals surface area (Å²) in [5.41, 5.74) is 0. The second-order valence-electron chi connectivity index (χ2n) is 16.8. The van der Waals surface area contributed by atoms with E-state index >= 15 is 0 Å². The lowest BCUT2D eigenvalue weighted by atomic mass is 10.0. The Hall–Kier alpha value is -1.48. The summed E-state index contributed by atoms with van der Waals surface area (Å²) in [7, 11) is 4.09. The zero-order valence-electron chi connectivity index (χ0n) is 41.0. The van der Waals surface area contributed by atoms with Crippen molar-refractivity contribution in [3.8, 4) is 0 Å². The molecular weight excluding hydrogens is 753 g/mol. The number of carbonyl (C=O) groups is 2. The summed E-state index contributed by atoms with van der Waals surface area (Å²) in [6.45, 7) is 17.7. The maximum atomic E-state index is 10.5. The molecule has 59 heavy (non-hydrogen) atoms. The molecule has 0 radical (unpaired) electrons. The third-order valence-corrected chi connectivity index (χ3v) is 11.2. The molecular formula is C50H104N4O4S. The average molecular weight is 857 g/mol. The van der Waals surface area contributed by atoms with Gasteiger partial charge in [-0.05, 0) is 71.0 Å². The zero-order valence-corrected chi connectivity index (χ0v) is 41.8. The molecule has 0 rings (SSSR count). The quantitative estimate of drug-likeness (QED) is 0.0213. The van der Waals surface area contributed by atoms with E-state index in [0.717, 1.165) is 38.2 Å². The average Bonchev–Trinajstić information content (AvgIpc) is 3.23. The Balaban J connectivity index is -0.000000871. The smallest absolute Gasteiger partial charge is 0.293 e. The number of ether oxygens (including phenoxy) is 2. The molecule has 8 nitrogen and oxygen atoms in total. The first kappa shape index (κ1) is 61.8. The predicted octanol–water partition coefficient (Wildman–Crippen LogP) is 14.7. The van der Waals surface area contributed by atoms with Crippen molar-refractivity contribution in [2.45, 2.75) is 253 Å². The number of nitrogens with zero attached hydrogens (tertiary/aromatic N) is 3. The van der Waals surface area contributed by atoms with Crippen molar-refractivity contribution in [3.63, 3.8) is 0 Å². The Kier molecular flexibility index (Phi) is 59.2. The minimum atomic E-state index is 0.172. The highest BCUT2D eigenvalue weighted by Gasteiger charge is 2.09. The third kappa shape index (κ3) is 54.5. The van der Waals surface area contributed by atoms with E-state index in [1.165, 1.54) is 206 Å². The number of unbranched alkanes of at least 4 members (excludes halogenated alkanes) is 25. The van der Waals surface area contributed by atoms with Gasteiger partial charge in [-0.15, -0.1) is 0 Å². The summed E-state index contributed by atoms with van der Waals surface area (Å²) in [5.74, 6) is 0.978. The molecule has 0 aromatic carbocycles. The predicted molar refractivity (Wildman–Crippen MR) is 263 cm³/mol. The molecule has 9 heteroatoms. The molecule has 0 fully saturated rings. The normalized spacial score (nSPS) is 11.6. The van der Waals surface area contributed by atoms with Crippen LogP contribution in [0, 0.1) is 0 Å². The van der Waals surface area contributed by atoms with Gasteiger partial charge >= 0.3 is 0 Å². The number of carbonyl (C=O) groups excluding carboxylic acids is 2. The van der Waals surface area contributed by atoms with E-state index in [0.29, 0.717) is 19.6 Å². The second-order valence-corrected chi connectivity index (χ2v) is 17.5. The summed E-state index contributed by atoms with van der Waals surface area (Å²) in [5, 5.41) is 0. The van der Waals surface area contributed by atoms with Crippen molar-refractivity contribution in [3.05, 3.63) is 0 Å². The summed E-state index contributed by atoms with van der Waals surface area (Å²) in [6, 6.07) is 0. The Morgan fingerprint density at radius 2 is 0.898 bits per heavy atom. The summed E-state index contributed by atoms with van der Waals surface area (Å²) in [6.07, 6.45) is 45.2. The molecule has 0 aliphatic heterocycles. The summed E-state index contributed by atoms with van der Waals surface area (Å²) < 4.78 is 13.0. The topological polar surface area (TPSA) is 83.5 Å². The molecule has 0 aliphatic rings. The molecule has 0 saturated carbocycles. The van der Waals surface area contributed by atoms with Crippen molar-refractivity contribution >= 4 is 30.9 Å². The van der Waals surface area contributed by atoms with Crippen molar-refractivity contribution in [2.24, 2.45) is 4.99 Å². The highest BCUT2D eigenvalue weighted by Crippen LogP contribution is 2.16. The standard InChI is InChI=1S/C23H50N4S.C17H34O2.C10H20O2/c1-6-8-10-12-14-16-20-27(21-17-15-13-11-9-7-2)22-18-19-24-23(25-28-5)26(3)4;1-3-5-7-9-11-13-15-17(19-16-18)14-12-10-8-6-4-2;1-2-3-4-5-6-7-8-9-12-10-11/h6-22H2,1-5H3,(H,24,25);16-17H,3-15H2,1-2H3;10H,2-9H2,1H3. The first-order valence-corrected chi connectivity index (χ1v) is 26.5. The van der Waals surface area contributed by atoms with Crippen molar-refractivity contribution < 1.29 is 19.1 Å². The zero-order chi connectivity index (χ0) is 44.1. The largest absolute Gasteiger partial charge is 0.468 e. The Morgan fingerprint density at radius 1 is 0.525 bits per heavy atom. The van der Waals surface area contributed by atoms with Crippen molar-refractivity contribution in [1.29, 1.82) is 0 Å². The van der Waals surface area contributed by atoms with Crippen LogP contribution in [0.4, 0.5) is 0 Å². The van der Waals surface area contributed by atoms with Crippen LogP contribution >= 0.6 is 11.9 Å². The van der Waals surface area contributed by atoms with E-state index in [1.807, 2.05) is 20.4 Å². The van der Waals surface area contributed by atoms with Gasteiger partial charge < -0.3 is 24.0 Å². The molecule has 1 unspecified atom stereocenters. The highest BCUT2D eigenvalue weighted by molar-refractivity contribution is 7.97. The van der Waals surface area contributed by atoms with E-state index in [9.17, 15) is 9.59 Å². The Labute approximate surface area is 373 Å². The van der Waals surface area contributed by atoms with Gasteiger partial charge in [0.1, 0.15) is 6.10 Å². The van der Waals surface area contributed by atoms with Gasteiger partial charge in [0.15, 0.2) is 0 Å². The Bertz CT molecular complexity index is 804. The van der Waals surface area contributed by atoms with Gasteiger partial charge in [-0.1, -0.05) is 207 Å². The number of hydrogen-bond acceptors (Lipinski definition) is 7. The van der Waals surface area contributed by atoms with Gasteiger partial charge in [-0.25, -0.2) is 0 Å². The van der Waals surface area contributed by atoms with Gasteiger partial charge in [-0.3, -0.25) is 14.6 Å². The van der Waals surface area contributed by atoms with E-state index in [1.54, 1.807) is 11.9 Å². The molecule has 1 N–H and O–H groups in total. The molecule has 0 bridgehead atoms. The minimum Gasteiger partial charge on any atom is -0.468 e. The first-order chi connectivity index (χ1) is 28.9. The molecule has 0 aliphatic carbocycles. The van der Waals surface area contributed by atoms with E-state index in [2.05, 4.69) is 53.9 Å². The second kappa shape index (κ2) is 56.5. The van der Waals surface area contributed by atoms with E-state index in [-0.39, 0.29) is 6.10 Å².